The van der Waals surface area contributed by atoms with E-state index in [4.69, 9.17) is 9.47 Å². The Morgan fingerprint density at radius 3 is 2.79 bits per heavy atom. The van der Waals surface area contributed by atoms with Crippen molar-refractivity contribution in [3.8, 4) is 0 Å². The van der Waals surface area contributed by atoms with E-state index in [1.807, 2.05) is 20.8 Å². The van der Waals surface area contributed by atoms with Gasteiger partial charge in [-0.15, -0.1) is 0 Å². The van der Waals surface area contributed by atoms with Crippen LogP contribution in [0.2, 0.25) is 0 Å². The van der Waals surface area contributed by atoms with Crippen LogP contribution >= 0.6 is 0 Å². The highest BCUT2D eigenvalue weighted by Crippen LogP contribution is 2.16. The minimum atomic E-state index is -0.508. The van der Waals surface area contributed by atoms with E-state index < -0.39 is 5.60 Å². The molecule has 1 aliphatic heterocycles. The maximum Gasteiger partial charge on any atom is 0.410 e. The second-order valence-electron chi connectivity index (χ2n) is 8.19. The molecule has 1 aromatic carbocycles. The Hall–Kier alpha value is -2.35. The van der Waals surface area contributed by atoms with Crippen molar-refractivity contribution in [2.45, 2.75) is 58.4 Å². The molecule has 1 unspecified atom stereocenters. The number of likely N-dealkylation sites (tertiary alicyclic amines) is 1. The molecule has 0 aromatic heterocycles. The van der Waals surface area contributed by atoms with Crippen molar-refractivity contribution in [1.82, 2.24) is 15.5 Å². The maximum absolute atomic E-state index is 13.8. The molecule has 0 aliphatic carbocycles. The SMILES string of the molecule is CN=C(NCc1ccc(F)c(COC)c1)NC1CCCN(C(=O)OC(C)(C)C)C1. The summed E-state index contributed by atoms with van der Waals surface area (Å²) in [6, 6.07) is 5.05. The molecule has 0 bridgehead atoms. The van der Waals surface area contributed by atoms with Crippen molar-refractivity contribution >= 4 is 12.1 Å². The molecule has 2 rings (SSSR count). The molecule has 1 fully saturated rings. The van der Waals surface area contributed by atoms with Gasteiger partial charge in [0.2, 0.25) is 0 Å². The Balaban J connectivity index is 1.89. The number of ether oxygens (including phenoxy) is 2. The van der Waals surface area contributed by atoms with Crippen molar-refractivity contribution in [2.24, 2.45) is 4.99 Å². The fourth-order valence-electron chi connectivity index (χ4n) is 3.17. The Kier molecular flexibility index (Phi) is 8.25. The highest BCUT2D eigenvalue weighted by atomic mass is 19.1. The summed E-state index contributed by atoms with van der Waals surface area (Å²) >= 11 is 0. The number of rotatable bonds is 5. The standard InChI is InChI=1S/C21H33FN4O3/c1-21(2,3)29-20(27)26-10-6-7-17(13-26)25-19(23-4)24-12-15-8-9-18(22)16(11-15)14-28-5/h8-9,11,17H,6-7,10,12-14H2,1-5H3,(H2,23,24,25). The number of nitrogens with one attached hydrogen (secondary N) is 2. The van der Waals surface area contributed by atoms with Gasteiger partial charge in [-0.3, -0.25) is 4.99 Å². The smallest absolute Gasteiger partial charge is 0.410 e. The van der Waals surface area contributed by atoms with Crippen molar-refractivity contribution in [3.63, 3.8) is 0 Å². The molecule has 1 aliphatic rings. The Bertz CT molecular complexity index is 718. The van der Waals surface area contributed by atoms with Crippen LogP contribution in [0.3, 0.4) is 0 Å². The Morgan fingerprint density at radius 1 is 1.38 bits per heavy atom. The first-order valence-corrected chi connectivity index (χ1v) is 9.93. The number of carbonyl (C=O) groups excluding carboxylic acids is 1. The number of hydrogen-bond donors (Lipinski definition) is 2. The van der Waals surface area contributed by atoms with Gasteiger partial charge in [-0.1, -0.05) is 6.07 Å². The van der Waals surface area contributed by atoms with Crippen molar-refractivity contribution < 1.29 is 18.7 Å². The van der Waals surface area contributed by atoms with Crippen molar-refractivity contribution in [3.05, 3.63) is 35.1 Å². The van der Waals surface area contributed by atoms with Crippen LogP contribution in [0.5, 0.6) is 0 Å². The van der Waals surface area contributed by atoms with Gasteiger partial charge < -0.3 is 25.0 Å². The van der Waals surface area contributed by atoms with E-state index in [2.05, 4.69) is 15.6 Å². The summed E-state index contributed by atoms with van der Waals surface area (Å²) in [4.78, 5) is 18.3. The van der Waals surface area contributed by atoms with E-state index >= 15 is 0 Å². The average molecular weight is 409 g/mol. The summed E-state index contributed by atoms with van der Waals surface area (Å²) in [7, 11) is 3.24. The molecule has 7 nitrogen and oxygen atoms in total. The summed E-state index contributed by atoms with van der Waals surface area (Å²) in [5.74, 6) is 0.362. The summed E-state index contributed by atoms with van der Waals surface area (Å²) < 4.78 is 24.3. The van der Waals surface area contributed by atoms with Crippen LogP contribution in [-0.2, 0) is 22.6 Å². The number of aliphatic imine (C=N–C) groups is 1. The largest absolute Gasteiger partial charge is 0.444 e. The van der Waals surface area contributed by atoms with Crippen LogP contribution in [0.15, 0.2) is 23.2 Å². The second kappa shape index (κ2) is 10.4. The molecular weight excluding hydrogens is 375 g/mol. The topological polar surface area (TPSA) is 75.2 Å². The molecule has 2 N–H and O–H groups in total. The van der Waals surface area contributed by atoms with Crippen LogP contribution in [0.1, 0.15) is 44.7 Å². The lowest BCUT2D eigenvalue weighted by Crippen LogP contribution is -2.53. The predicted octanol–water partition coefficient (Wildman–Crippen LogP) is 3.04. The molecule has 1 heterocycles. The number of halogens is 1. The van der Waals surface area contributed by atoms with Gasteiger partial charge in [0.15, 0.2) is 5.96 Å². The zero-order chi connectivity index (χ0) is 21.4. The van der Waals surface area contributed by atoms with Gasteiger partial charge in [0.05, 0.1) is 6.61 Å². The van der Waals surface area contributed by atoms with Crippen LogP contribution in [-0.4, -0.2) is 55.8 Å². The third-order valence-electron chi connectivity index (χ3n) is 4.51. The normalized spacial score (nSPS) is 17.8. The van der Waals surface area contributed by atoms with Gasteiger partial charge in [-0.2, -0.15) is 0 Å². The number of benzene rings is 1. The van der Waals surface area contributed by atoms with Crippen molar-refractivity contribution in [1.29, 1.82) is 0 Å². The van der Waals surface area contributed by atoms with Crippen LogP contribution < -0.4 is 10.6 Å². The zero-order valence-corrected chi connectivity index (χ0v) is 18.0. The van der Waals surface area contributed by atoms with Gasteiger partial charge in [0.1, 0.15) is 11.4 Å². The van der Waals surface area contributed by atoms with Gasteiger partial charge in [0.25, 0.3) is 0 Å². The highest BCUT2D eigenvalue weighted by molar-refractivity contribution is 5.80. The molecule has 1 aromatic rings. The Labute approximate surface area is 172 Å². The molecule has 8 heteroatoms. The molecule has 162 valence electrons. The summed E-state index contributed by atoms with van der Waals surface area (Å²) in [5.41, 5.74) is 0.946. The molecule has 1 amide bonds. The molecule has 29 heavy (non-hydrogen) atoms. The van der Waals surface area contributed by atoms with E-state index in [1.165, 1.54) is 6.07 Å². The number of hydrogen-bond acceptors (Lipinski definition) is 4. The molecule has 1 saturated heterocycles. The van der Waals surface area contributed by atoms with E-state index in [0.29, 0.717) is 31.2 Å². The average Bonchev–Trinajstić information content (AvgIpc) is 2.66. The van der Waals surface area contributed by atoms with Gasteiger partial charge in [0, 0.05) is 45.4 Å². The summed E-state index contributed by atoms with van der Waals surface area (Å²) in [6.45, 7) is 7.58. The molecule has 0 saturated carbocycles. The van der Waals surface area contributed by atoms with Gasteiger partial charge >= 0.3 is 6.09 Å². The monoisotopic (exact) mass is 408 g/mol. The van der Waals surface area contributed by atoms with E-state index in [0.717, 1.165) is 18.4 Å². The maximum atomic E-state index is 13.8. The fourth-order valence-corrected chi connectivity index (χ4v) is 3.17. The minimum absolute atomic E-state index is 0.0831. The molecular formula is C21H33FN4O3. The quantitative estimate of drug-likeness (QED) is 0.579. The lowest BCUT2D eigenvalue weighted by Gasteiger charge is -2.35. The summed E-state index contributed by atoms with van der Waals surface area (Å²) in [6.07, 6.45) is 1.55. The summed E-state index contributed by atoms with van der Waals surface area (Å²) in [5, 5.41) is 6.61. The number of amides is 1. The first kappa shape index (κ1) is 22.9. The first-order chi connectivity index (χ1) is 13.7. The third kappa shape index (κ3) is 7.53. The van der Waals surface area contributed by atoms with Crippen LogP contribution in [0, 0.1) is 5.82 Å². The lowest BCUT2D eigenvalue weighted by molar-refractivity contribution is 0.0193. The van der Waals surface area contributed by atoms with Crippen LogP contribution in [0.4, 0.5) is 9.18 Å². The third-order valence-corrected chi connectivity index (χ3v) is 4.51. The number of carbonyl (C=O) groups is 1. The number of methoxy groups -OCH3 is 1. The molecule has 1 atom stereocenters. The van der Waals surface area contributed by atoms with E-state index in [-0.39, 0.29) is 24.6 Å². The van der Waals surface area contributed by atoms with Gasteiger partial charge in [-0.05, 0) is 51.3 Å². The first-order valence-electron chi connectivity index (χ1n) is 9.93. The Morgan fingerprint density at radius 2 is 2.14 bits per heavy atom. The number of piperidine rings is 1. The van der Waals surface area contributed by atoms with E-state index in [9.17, 15) is 9.18 Å². The number of guanidine groups is 1. The van der Waals surface area contributed by atoms with Gasteiger partial charge in [-0.25, -0.2) is 9.18 Å². The number of nitrogens with zero attached hydrogens (tertiary/aromatic N) is 2. The molecule has 0 radical (unpaired) electrons. The highest BCUT2D eigenvalue weighted by Gasteiger charge is 2.28. The van der Waals surface area contributed by atoms with Crippen molar-refractivity contribution in [2.75, 3.05) is 27.2 Å². The second-order valence-corrected chi connectivity index (χ2v) is 8.19. The van der Waals surface area contributed by atoms with Crippen LogP contribution in [0.25, 0.3) is 0 Å². The fraction of sp³-hybridized carbons (Fsp3) is 0.619. The molecule has 0 spiro atoms. The zero-order valence-electron chi connectivity index (χ0n) is 18.0. The lowest BCUT2D eigenvalue weighted by atomic mass is 10.1. The van der Waals surface area contributed by atoms with E-state index in [1.54, 1.807) is 31.2 Å². The minimum Gasteiger partial charge on any atom is -0.444 e. The predicted molar refractivity (Wildman–Crippen MR) is 111 cm³/mol.